The molecule has 1 atom stereocenters. The van der Waals surface area contributed by atoms with Crippen molar-refractivity contribution in [3.63, 3.8) is 0 Å². The van der Waals surface area contributed by atoms with Crippen LogP contribution < -0.4 is 10.1 Å². The lowest BCUT2D eigenvalue weighted by Gasteiger charge is -2.18. The monoisotopic (exact) mass is 267 g/mol. The summed E-state index contributed by atoms with van der Waals surface area (Å²) in [6, 6.07) is 6.83. The van der Waals surface area contributed by atoms with Gasteiger partial charge < -0.3 is 10.1 Å². The topological polar surface area (TPSA) is 21.3 Å². The molecule has 0 aliphatic heterocycles. The van der Waals surface area contributed by atoms with Gasteiger partial charge >= 0.3 is 6.61 Å². The van der Waals surface area contributed by atoms with Gasteiger partial charge in [0.15, 0.2) is 0 Å². The molecule has 0 aliphatic carbocycles. The Kier molecular flexibility index (Phi) is 6.91. The largest absolute Gasteiger partial charge is 0.435 e. The predicted octanol–water partition coefficient (Wildman–Crippen LogP) is 3.74. The van der Waals surface area contributed by atoms with Gasteiger partial charge in [-0.15, -0.1) is 12.3 Å². The van der Waals surface area contributed by atoms with Gasteiger partial charge in [-0.25, -0.2) is 0 Å². The highest BCUT2D eigenvalue weighted by Gasteiger charge is 2.12. The molecule has 2 nitrogen and oxygen atoms in total. The van der Waals surface area contributed by atoms with Crippen LogP contribution in [0.5, 0.6) is 5.75 Å². The van der Waals surface area contributed by atoms with Gasteiger partial charge in [-0.1, -0.05) is 19.1 Å². The molecular weight excluding hydrogens is 248 g/mol. The van der Waals surface area contributed by atoms with E-state index in [4.69, 9.17) is 6.42 Å². The van der Waals surface area contributed by atoms with Gasteiger partial charge in [0.2, 0.25) is 0 Å². The highest BCUT2D eigenvalue weighted by Crippen LogP contribution is 2.23. The molecule has 4 heteroatoms. The van der Waals surface area contributed by atoms with Gasteiger partial charge in [0, 0.05) is 12.5 Å². The minimum absolute atomic E-state index is 0.0669. The SMILES string of the molecule is C#CCCC(NCCC)c1cccc(OC(F)F)c1. The number of halogens is 2. The first-order chi connectivity index (χ1) is 9.17. The van der Waals surface area contributed by atoms with Gasteiger partial charge in [-0.2, -0.15) is 8.78 Å². The first-order valence-electron chi connectivity index (χ1n) is 6.39. The number of nitrogens with one attached hydrogen (secondary N) is 1. The molecule has 1 rings (SSSR count). The molecule has 0 amide bonds. The second-order valence-electron chi connectivity index (χ2n) is 4.20. The van der Waals surface area contributed by atoms with Crippen molar-refractivity contribution in [1.82, 2.24) is 5.32 Å². The number of terminal acetylenes is 1. The van der Waals surface area contributed by atoms with Gasteiger partial charge in [0.1, 0.15) is 5.75 Å². The molecule has 0 bridgehead atoms. The van der Waals surface area contributed by atoms with Crippen LogP contribution >= 0.6 is 0 Å². The van der Waals surface area contributed by atoms with Crippen LogP contribution in [0.1, 0.15) is 37.8 Å². The van der Waals surface area contributed by atoms with E-state index in [0.717, 1.165) is 24.9 Å². The van der Waals surface area contributed by atoms with E-state index in [2.05, 4.69) is 22.9 Å². The van der Waals surface area contributed by atoms with Crippen molar-refractivity contribution in [3.05, 3.63) is 29.8 Å². The number of hydrogen-bond donors (Lipinski definition) is 1. The quantitative estimate of drug-likeness (QED) is 0.724. The fraction of sp³-hybridized carbons (Fsp3) is 0.467. The second-order valence-corrected chi connectivity index (χ2v) is 4.20. The molecule has 0 radical (unpaired) electrons. The van der Waals surface area contributed by atoms with Crippen molar-refractivity contribution in [2.75, 3.05) is 6.54 Å². The van der Waals surface area contributed by atoms with Crippen LogP contribution in [0.3, 0.4) is 0 Å². The smallest absolute Gasteiger partial charge is 0.387 e. The van der Waals surface area contributed by atoms with E-state index in [9.17, 15) is 8.78 Å². The van der Waals surface area contributed by atoms with E-state index in [0.29, 0.717) is 6.42 Å². The Morgan fingerprint density at radius 2 is 2.21 bits per heavy atom. The molecule has 1 N–H and O–H groups in total. The summed E-state index contributed by atoms with van der Waals surface area (Å²) in [5.41, 5.74) is 0.918. The van der Waals surface area contributed by atoms with E-state index in [-0.39, 0.29) is 11.8 Å². The molecular formula is C15H19F2NO. The molecule has 1 unspecified atom stereocenters. The van der Waals surface area contributed by atoms with Crippen LogP contribution in [-0.4, -0.2) is 13.2 Å². The van der Waals surface area contributed by atoms with Gasteiger partial charge in [0.05, 0.1) is 0 Å². The Bertz CT molecular complexity index is 415. The molecule has 0 heterocycles. The van der Waals surface area contributed by atoms with Crippen molar-refractivity contribution >= 4 is 0 Å². The Morgan fingerprint density at radius 3 is 2.84 bits per heavy atom. The van der Waals surface area contributed by atoms with E-state index in [1.165, 1.54) is 6.07 Å². The summed E-state index contributed by atoms with van der Waals surface area (Å²) in [5.74, 6) is 2.78. The molecule has 104 valence electrons. The summed E-state index contributed by atoms with van der Waals surface area (Å²) in [7, 11) is 0. The first-order valence-corrected chi connectivity index (χ1v) is 6.39. The third kappa shape index (κ3) is 5.71. The van der Waals surface area contributed by atoms with Crippen LogP contribution in [0.2, 0.25) is 0 Å². The summed E-state index contributed by atoms with van der Waals surface area (Å²) in [5, 5.41) is 3.36. The van der Waals surface area contributed by atoms with Crippen LogP contribution in [0.4, 0.5) is 8.78 Å². The Balaban J connectivity index is 2.78. The molecule has 0 spiro atoms. The maximum Gasteiger partial charge on any atom is 0.387 e. The minimum atomic E-state index is -2.80. The third-order valence-electron chi connectivity index (χ3n) is 2.70. The maximum absolute atomic E-state index is 12.2. The average Bonchev–Trinajstić information content (AvgIpc) is 2.38. The molecule has 19 heavy (non-hydrogen) atoms. The van der Waals surface area contributed by atoms with Gasteiger partial charge in [-0.05, 0) is 37.1 Å². The van der Waals surface area contributed by atoms with Crippen LogP contribution in [0.15, 0.2) is 24.3 Å². The highest BCUT2D eigenvalue weighted by atomic mass is 19.3. The van der Waals surface area contributed by atoms with Crippen molar-refractivity contribution in [1.29, 1.82) is 0 Å². The summed E-state index contributed by atoms with van der Waals surface area (Å²) in [6.45, 7) is 0.125. The molecule has 0 saturated carbocycles. The zero-order valence-corrected chi connectivity index (χ0v) is 11.0. The van der Waals surface area contributed by atoms with Crippen molar-refractivity contribution in [2.45, 2.75) is 38.8 Å². The van der Waals surface area contributed by atoms with E-state index < -0.39 is 6.61 Å². The zero-order chi connectivity index (χ0) is 14.1. The number of alkyl halides is 2. The number of ether oxygens (including phenoxy) is 1. The summed E-state index contributed by atoms with van der Waals surface area (Å²) in [4.78, 5) is 0. The van der Waals surface area contributed by atoms with Crippen LogP contribution in [0.25, 0.3) is 0 Å². The van der Waals surface area contributed by atoms with Gasteiger partial charge in [0.25, 0.3) is 0 Å². The maximum atomic E-state index is 12.2. The Morgan fingerprint density at radius 1 is 1.42 bits per heavy atom. The zero-order valence-electron chi connectivity index (χ0n) is 11.0. The average molecular weight is 267 g/mol. The standard InChI is InChI=1S/C15H19F2NO/c1-3-5-9-14(18-10-4-2)12-7-6-8-13(11-12)19-15(16)17/h1,6-8,11,14-15,18H,4-5,9-10H2,2H3. The third-order valence-corrected chi connectivity index (χ3v) is 2.70. The molecule has 1 aromatic carbocycles. The number of benzene rings is 1. The first kappa shape index (κ1) is 15.5. The van der Waals surface area contributed by atoms with Crippen molar-refractivity contribution in [2.24, 2.45) is 0 Å². The molecule has 0 aromatic heterocycles. The van der Waals surface area contributed by atoms with Gasteiger partial charge in [-0.3, -0.25) is 0 Å². The summed E-state index contributed by atoms with van der Waals surface area (Å²) < 4.78 is 28.8. The van der Waals surface area contributed by atoms with Crippen LogP contribution in [-0.2, 0) is 0 Å². The molecule has 0 aliphatic rings. The number of hydrogen-bond acceptors (Lipinski definition) is 2. The Hall–Kier alpha value is -1.60. The highest BCUT2D eigenvalue weighted by molar-refractivity contribution is 5.30. The second kappa shape index (κ2) is 8.49. The lowest BCUT2D eigenvalue weighted by Crippen LogP contribution is -2.22. The lowest BCUT2D eigenvalue weighted by atomic mass is 10.0. The van der Waals surface area contributed by atoms with E-state index in [1.54, 1.807) is 12.1 Å². The molecule has 0 fully saturated rings. The van der Waals surface area contributed by atoms with Crippen molar-refractivity contribution < 1.29 is 13.5 Å². The summed E-state index contributed by atoms with van der Waals surface area (Å²) in [6.07, 6.45) is 7.69. The molecule has 0 saturated heterocycles. The predicted molar refractivity (Wildman–Crippen MR) is 72.2 cm³/mol. The van der Waals surface area contributed by atoms with Crippen LogP contribution in [0, 0.1) is 12.3 Å². The van der Waals surface area contributed by atoms with E-state index >= 15 is 0 Å². The minimum Gasteiger partial charge on any atom is -0.435 e. The number of rotatable bonds is 8. The Labute approximate surface area is 113 Å². The fourth-order valence-electron chi connectivity index (χ4n) is 1.84. The fourth-order valence-corrected chi connectivity index (χ4v) is 1.84. The molecule has 1 aromatic rings. The summed E-state index contributed by atoms with van der Waals surface area (Å²) >= 11 is 0. The van der Waals surface area contributed by atoms with E-state index in [1.807, 2.05) is 6.07 Å². The lowest BCUT2D eigenvalue weighted by molar-refractivity contribution is -0.0499. The normalized spacial score (nSPS) is 12.2. The van der Waals surface area contributed by atoms with Crippen molar-refractivity contribution in [3.8, 4) is 18.1 Å².